The molecule has 0 fully saturated rings. The molecule has 7 nitrogen and oxygen atoms in total. The van der Waals surface area contributed by atoms with Crippen molar-refractivity contribution in [3.05, 3.63) is 34.4 Å². The molecule has 0 saturated heterocycles. The number of rotatable bonds is 5. The van der Waals surface area contributed by atoms with E-state index in [2.05, 4.69) is 4.40 Å². The lowest BCUT2D eigenvalue weighted by molar-refractivity contribution is -0.385. The summed E-state index contributed by atoms with van der Waals surface area (Å²) in [6.45, 7) is 5.61. The van der Waals surface area contributed by atoms with Crippen LogP contribution in [-0.4, -0.2) is 25.8 Å². The number of nitro groups is 1. The second kappa shape index (κ2) is 6.47. The third kappa shape index (κ3) is 4.61. The van der Waals surface area contributed by atoms with Gasteiger partial charge in [0.05, 0.1) is 16.4 Å². The van der Waals surface area contributed by atoms with Crippen molar-refractivity contribution in [2.24, 2.45) is 10.3 Å². The fourth-order valence-corrected chi connectivity index (χ4v) is 2.31. The van der Waals surface area contributed by atoms with Crippen molar-refractivity contribution in [2.45, 2.75) is 25.7 Å². The first-order valence-electron chi connectivity index (χ1n) is 5.91. The van der Waals surface area contributed by atoms with E-state index >= 15 is 0 Å². The third-order valence-corrected chi connectivity index (χ3v) is 3.55. The second-order valence-electron chi connectivity index (χ2n) is 4.54. The van der Waals surface area contributed by atoms with Crippen molar-refractivity contribution in [3.8, 4) is 0 Å². The standard InChI is InChI=1S/C12H16N2O5S/c1-9(2)8-19-10(3)13-20(17,18)12-6-4-5-11(7-12)14(15)16/h4-7,9H,8H2,1-3H3/b13-10+. The molecule has 1 aromatic rings. The summed E-state index contributed by atoms with van der Waals surface area (Å²) in [5.41, 5.74) is -0.304. The highest BCUT2D eigenvalue weighted by Gasteiger charge is 2.17. The Hall–Kier alpha value is -1.96. The summed E-state index contributed by atoms with van der Waals surface area (Å²) in [4.78, 5) is 9.73. The molecule has 1 rings (SSSR count). The van der Waals surface area contributed by atoms with Gasteiger partial charge in [-0.15, -0.1) is 4.40 Å². The van der Waals surface area contributed by atoms with Crippen LogP contribution < -0.4 is 0 Å². The lowest BCUT2D eigenvalue weighted by Gasteiger charge is -2.07. The molecule has 0 aliphatic rings. The molecule has 0 unspecified atom stereocenters. The quantitative estimate of drug-likeness (QED) is 0.360. The zero-order chi connectivity index (χ0) is 15.3. The van der Waals surface area contributed by atoms with Gasteiger partial charge in [0.25, 0.3) is 15.7 Å². The van der Waals surface area contributed by atoms with E-state index < -0.39 is 14.9 Å². The van der Waals surface area contributed by atoms with Gasteiger partial charge in [0.15, 0.2) is 5.90 Å². The van der Waals surface area contributed by atoms with Gasteiger partial charge in [-0.1, -0.05) is 19.9 Å². The monoisotopic (exact) mass is 300 g/mol. The van der Waals surface area contributed by atoms with Crippen molar-refractivity contribution in [3.63, 3.8) is 0 Å². The number of non-ortho nitro benzene ring substituents is 1. The minimum absolute atomic E-state index is 0.00482. The smallest absolute Gasteiger partial charge is 0.285 e. The Morgan fingerprint density at radius 3 is 2.65 bits per heavy atom. The number of ether oxygens (including phenoxy) is 1. The Morgan fingerprint density at radius 1 is 1.45 bits per heavy atom. The van der Waals surface area contributed by atoms with Gasteiger partial charge < -0.3 is 4.74 Å². The van der Waals surface area contributed by atoms with Crippen LogP contribution >= 0.6 is 0 Å². The first-order chi connectivity index (χ1) is 9.22. The largest absolute Gasteiger partial charge is 0.480 e. The molecule has 0 radical (unpaired) electrons. The molecule has 0 N–H and O–H groups in total. The first kappa shape index (κ1) is 16.1. The maximum Gasteiger partial charge on any atom is 0.285 e. The maximum atomic E-state index is 12.0. The molecule has 0 bridgehead atoms. The molecule has 0 spiro atoms. The van der Waals surface area contributed by atoms with Gasteiger partial charge in [0, 0.05) is 19.1 Å². The maximum absolute atomic E-state index is 12.0. The van der Waals surface area contributed by atoms with Crippen LogP contribution in [-0.2, 0) is 14.8 Å². The van der Waals surface area contributed by atoms with Crippen LogP contribution in [0.5, 0.6) is 0 Å². The van der Waals surface area contributed by atoms with Crippen LogP contribution in [0.15, 0.2) is 33.6 Å². The number of nitrogens with zero attached hydrogens (tertiary/aromatic N) is 2. The number of nitro benzene ring substituents is 1. The molecule has 110 valence electrons. The fraction of sp³-hybridized carbons (Fsp3) is 0.417. The van der Waals surface area contributed by atoms with Crippen LogP contribution in [0.1, 0.15) is 20.8 Å². The van der Waals surface area contributed by atoms with E-state index in [0.29, 0.717) is 6.61 Å². The van der Waals surface area contributed by atoms with Crippen molar-refractivity contribution in [1.29, 1.82) is 0 Å². The summed E-state index contributed by atoms with van der Waals surface area (Å²) >= 11 is 0. The molecule has 0 aromatic heterocycles. The minimum atomic E-state index is -4.00. The summed E-state index contributed by atoms with van der Waals surface area (Å²) in [7, 11) is -4.00. The number of sulfonamides is 1. The summed E-state index contributed by atoms with van der Waals surface area (Å²) in [5, 5.41) is 10.6. The van der Waals surface area contributed by atoms with Crippen molar-refractivity contribution in [2.75, 3.05) is 6.61 Å². The predicted molar refractivity (Wildman–Crippen MR) is 74.2 cm³/mol. The number of benzene rings is 1. The zero-order valence-corrected chi connectivity index (χ0v) is 12.3. The van der Waals surface area contributed by atoms with Crippen molar-refractivity contribution < 1.29 is 18.1 Å². The average molecular weight is 300 g/mol. The molecule has 0 aliphatic carbocycles. The molecular weight excluding hydrogens is 284 g/mol. The van der Waals surface area contributed by atoms with Crippen LogP contribution in [0, 0.1) is 16.0 Å². The molecule has 0 aliphatic heterocycles. The first-order valence-corrected chi connectivity index (χ1v) is 7.35. The number of hydrogen-bond donors (Lipinski definition) is 0. The summed E-state index contributed by atoms with van der Waals surface area (Å²) < 4.78 is 32.6. The van der Waals surface area contributed by atoms with E-state index in [0.717, 1.165) is 6.07 Å². The zero-order valence-electron chi connectivity index (χ0n) is 11.4. The normalized spacial score (nSPS) is 12.5. The fourth-order valence-electron chi connectivity index (χ4n) is 1.29. The number of hydrogen-bond acceptors (Lipinski definition) is 5. The Bertz CT molecular complexity index is 622. The highest BCUT2D eigenvalue weighted by Crippen LogP contribution is 2.19. The van der Waals surface area contributed by atoms with E-state index in [1.54, 1.807) is 0 Å². The topological polar surface area (TPSA) is 98.9 Å². The lowest BCUT2D eigenvalue weighted by Crippen LogP contribution is -2.09. The molecule has 0 saturated carbocycles. The van der Waals surface area contributed by atoms with Crippen LogP contribution in [0.3, 0.4) is 0 Å². The Kier molecular flexibility index (Phi) is 5.20. The van der Waals surface area contributed by atoms with Gasteiger partial charge in [-0.2, -0.15) is 8.42 Å². The van der Waals surface area contributed by atoms with Gasteiger partial charge in [0.2, 0.25) is 0 Å². The average Bonchev–Trinajstić information content (AvgIpc) is 2.36. The van der Waals surface area contributed by atoms with Crippen molar-refractivity contribution in [1.82, 2.24) is 0 Å². The summed E-state index contributed by atoms with van der Waals surface area (Å²) in [5.74, 6) is 0.242. The SMILES string of the molecule is C/C(=N\S(=O)(=O)c1cccc([N+](=O)[O-])c1)OCC(C)C. The van der Waals surface area contributed by atoms with Gasteiger partial charge >= 0.3 is 0 Å². The molecule has 0 amide bonds. The highest BCUT2D eigenvalue weighted by atomic mass is 32.2. The lowest BCUT2D eigenvalue weighted by atomic mass is 10.2. The van der Waals surface area contributed by atoms with E-state index in [9.17, 15) is 18.5 Å². The Labute approximate surface area is 117 Å². The predicted octanol–water partition coefficient (Wildman–Crippen LogP) is 2.37. The third-order valence-electron chi connectivity index (χ3n) is 2.20. The molecule has 1 aromatic carbocycles. The van der Waals surface area contributed by atoms with Gasteiger partial charge in [-0.3, -0.25) is 10.1 Å². The second-order valence-corrected chi connectivity index (χ2v) is 6.15. The van der Waals surface area contributed by atoms with Crippen LogP contribution in [0.2, 0.25) is 0 Å². The molecule has 0 heterocycles. The molecule has 20 heavy (non-hydrogen) atoms. The Balaban J connectivity index is 3.02. The van der Waals surface area contributed by atoms with Crippen LogP contribution in [0.4, 0.5) is 5.69 Å². The Morgan fingerprint density at radius 2 is 2.10 bits per heavy atom. The van der Waals surface area contributed by atoms with E-state index in [1.165, 1.54) is 25.1 Å². The minimum Gasteiger partial charge on any atom is -0.480 e. The highest BCUT2D eigenvalue weighted by molar-refractivity contribution is 7.90. The van der Waals surface area contributed by atoms with Gasteiger partial charge in [-0.05, 0) is 12.0 Å². The van der Waals surface area contributed by atoms with Gasteiger partial charge in [0.1, 0.15) is 0 Å². The van der Waals surface area contributed by atoms with Gasteiger partial charge in [-0.25, -0.2) is 0 Å². The molecular formula is C12H16N2O5S. The summed E-state index contributed by atoms with van der Waals surface area (Å²) in [6, 6.07) is 4.73. The van der Waals surface area contributed by atoms with Crippen LogP contribution in [0.25, 0.3) is 0 Å². The molecule has 0 atom stereocenters. The summed E-state index contributed by atoms with van der Waals surface area (Å²) in [6.07, 6.45) is 0. The van der Waals surface area contributed by atoms with Crippen molar-refractivity contribution >= 4 is 21.6 Å². The van der Waals surface area contributed by atoms with E-state index in [-0.39, 0.29) is 22.4 Å². The van der Waals surface area contributed by atoms with E-state index in [4.69, 9.17) is 4.74 Å². The van der Waals surface area contributed by atoms with E-state index in [1.807, 2.05) is 13.8 Å². The molecule has 8 heteroatoms.